The Morgan fingerprint density at radius 2 is 1.83 bits per heavy atom. The van der Waals surface area contributed by atoms with Crippen molar-refractivity contribution in [3.05, 3.63) is 83.3 Å². The van der Waals surface area contributed by atoms with Crippen LogP contribution in [0, 0.1) is 0 Å². The lowest BCUT2D eigenvalue weighted by atomic mass is 10.0. The van der Waals surface area contributed by atoms with Gasteiger partial charge in [-0.2, -0.15) is 13.2 Å². The van der Waals surface area contributed by atoms with Crippen LogP contribution in [-0.4, -0.2) is 43.4 Å². The van der Waals surface area contributed by atoms with Crippen LogP contribution in [0.25, 0.3) is 0 Å². The normalized spacial score (nSPS) is 15.3. The molecule has 1 amide bonds. The van der Waals surface area contributed by atoms with Crippen LogP contribution in [0.1, 0.15) is 33.7 Å². The number of alkyl halides is 3. The maximum atomic E-state index is 13.1. The Morgan fingerprint density at radius 1 is 1.09 bits per heavy atom. The van der Waals surface area contributed by atoms with Gasteiger partial charge >= 0.3 is 6.18 Å². The summed E-state index contributed by atoms with van der Waals surface area (Å²) in [6.45, 7) is 0.226. The number of carbonyl (C=O) groups excluding carboxylic acids is 1. The van der Waals surface area contributed by atoms with Crippen LogP contribution < -0.4 is 9.47 Å². The van der Waals surface area contributed by atoms with E-state index in [0.717, 1.165) is 17.7 Å². The van der Waals surface area contributed by atoms with E-state index < -0.39 is 23.8 Å². The van der Waals surface area contributed by atoms with Crippen molar-refractivity contribution in [2.45, 2.75) is 25.2 Å². The molecule has 1 aliphatic heterocycles. The van der Waals surface area contributed by atoms with Gasteiger partial charge in [-0.3, -0.25) is 4.79 Å². The van der Waals surface area contributed by atoms with E-state index in [1.54, 1.807) is 25.3 Å². The molecule has 2 aromatic carbocycles. The third-order valence-electron chi connectivity index (χ3n) is 5.55. The predicted octanol–water partition coefficient (Wildman–Crippen LogP) is 5.15. The maximum absolute atomic E-state index is 13.1. The summed E-state index contributed by atoms with van der Waals surface area (Å²) in [6, 6.07) is 13.2. The van der Waals surface area contributed by atoms with Crippen LogP contribution in [-0.2, 0) is 17.6 Å². The summed E-state index contributed by atoms with van der Waals surface area (Å²) < 4.78 is 54.6. The van der Waals surface area contributed by atoms with Crippen LogP contribution in [0.3, 0.4) is 0 Å². The van der Waals surface area contributed by atoms with E-state index in [4.69, 9.17) is 18.7 Å². The summed E-state index contributed by atoms with van der Waals surface area (Å²) in [4.78, 5) is 20.1. The van der Waals surface area contributed by atoms with Crippen LogP contribution >= 0.6 is 0 Å². The molecule has 2 heterocycles. The molecule has 10 heteroatoms. The van der Waals surface area contributed by atoms with Gasteiger partial charge in [0.15, 0.2) is 23.4 Å². The summed E-state index contributed by atoms with van der Waals surface area (Å²) in [5, 5.41) is 4.17. The number of carbonyl (C=O) groups is 1. The van der Waals surface area contributed by atoms with E-state index >= 15 is 0 Å². The summed E-state index contributed by atoms with van der Waals surface area (Å²) in [7, 11) is 3.09. The minimum absolute atomic E-state index is 0.0726. The lowest BCUT2D eigenvalue weighted by Crippen LogP contribution is -2.37. The van der Waals surface area contributed by atoms with Gasteiger partial charge in [0, 0.05) is 18.5 Å². The molecule has 0 spiro atoms. The lowest BCUT2D eigenvalue weighted by molar-refractivity contribution is -0.137. The van der Waals surface area contributed by atoms with E-state index in [1.165, 1.54) is 36.5 Å². The molecule has 1 unspecified atom stereocenters. The second-order valence-corrected chi connectivity index (χ2v) is 7.90. The van der Waals surface area contributed by atoms with E-state index in [2.05, 4.69) is 5.16 Å². The van der Waals surface area contributed by atoms with Crippen LogP contribution in [0.15, 0.2) is 70.4 Å². The summed E-state index contributed by atoms with van der Waals surface area (Å²) >= 11 is 0. The molecule has 0 saturated heterocycles. The monoisotopic (exact) mass is 488 g/mol. The molecule has 4 rings (SSSR count). The van der Waals surface area contributed by atoms with Crippen LogP contribution in [0.2, 0.25) is 0 Å². The second-order valence-electron chi connectivity index (χ2n) is 7.90. The number of hydrogen-bond acceptors (Lipinski definition) is 6. The van der Waals surface area contributed by atoms with Crippen molar-refractivity contribution in [1.29, 1.82) is 0 Å². The van der Waals surface area contributed by atoms with Gasteiger partial charge in [-0.25, -0.2) is 0 Å². The van der Waals surface area contributed by atoms with E-state index in [1.807, 2.05) is 6.07 Å². The largest absolute Gasteiger partial charge is 0.493 e. The Kier molecular flexibility index (Phi) is 6.99. The average molecular weight is 488 g/mol. The number of furan rings is 1. The Hall–Kier alpha value is -3.95. The third kappa shape index (κ3) is 5.59. The second kappa shape index (κ2) is 10.1. The van der Waals surface area contributed by atoms with Crippen molar-refractivity contribution in [1.82, 2.24) is 4.90 Å². The number of halogens is 3. The SMILES string of the molecule is COc1ccc(C2=NOC(CN(Cc3ccc(C(F)(F)F)cc3)C(=O)c3ccco3)C2)cc1OC. The molecule has 7 nitrogen and oxygen atoms in total. The van der Waals surface area contributed by atoms with Gasteiger partial charge in [0.25, 0.3) is 5.91 Å². The highest BCUT2D eigenvalue weighted by atomic mass is 19.4. The summed E-state index contributed by atoms with van der Waals surface area (Å²) in [5.74, 6) is 0.848. The first-order valence-electron chi connectivity index (χ1n) is 10.7. The number of amides is 1. The molecule has 1 aromatic heterocycles. The van der Waals surface area contributed by atoms with E-state index in [0.29, 0.717) is 29.2 Å². The molecule has 0 aliphatic carbocycles. The molecule has 0 N–H and O–H groups in total. The molecular weight excluding hydrogens is 465 g/mol. The fraction of sp³-hybridized carbons (Fsp3) is 0.280. The Balaban J connectivity index is 1.49. The van der Waals surface area contributed by atoms with Crippen molar-refractivity contribution in [2.75, 3.05) is 20.8 Å². The van der Waals surface area contributed by atoms with E-state index in [-0.39, 0.29) is 18.8 Å². The first-order valence-corrected chi connectivity index (χ1v) is 10.7. The smallest absolute Gasteiger partial charge is 0.416 e. The first-order chi connectivity index (χ1) is 16.8. The standard InChI is InChI=1S/C25H23F3N2O5/c1-32-21-10-7-17(12-23(21)33-2)20-13-19(35-29-20)15-30(24(31)22-4-3-11-34-22)14-16-5-8-18(9-6-16)25(26,27)28/h3-12,19H,13-15H2,1-2H3. The van der Waals surface area contributed by atoms with Gasteiger partial charge in [-0.15, -0.1) is 0 Å². The van der Waals surface area contributed by atoms with Crippen LogP contribution in [0.4, 0.5) is 13.2 Å². The molecule has 0 bridgehead atoms. The number of nitrogens with zero attached hydrogens (tertiary/aromatic N) is 2. The van der Waals surface area contributed by atoms with Crippen LogP contribution in [0.5, 0.6) is 11.5 Å². The average Bonchev–Trinajstić information content (AvgIpc) is 3.55. The van der Waals surface area contributed by atoms with Crippen molar-refractivity contribution in [3.8, 4) is 11.5 Å². The van der Waals surface area contributed by atoms with Gasteiger partial charge in [0.1, 0.15) is 0 Å². The van der Waals surface area contributed by atoms with E-state index in [9.17, 15) is 18.0 Å². The molecule has 0 fully saturated rings. The topological polar surface area (TPSA) is 73.5 Å². The molecule has 3 aromatic rings. The highest BCUT2D eigenvalue weighted by molar-refractivity contribution is 6.01. The van der Waals surface area contributed by atoms with Crippen molar-refractivity contribution in [2.24, 2.45) is 5.16 Å². The van der Waals surface area contributed by atoms with Gasteiger partial charge in [0.2, 0.25) is 0 Å². The predicted molar refractivity (Wildman–Crippen MR) is 120 cm³/mol. The maximum Gasteiger partial charge on any atom is 0.416 e. The molecule has 0 saturated carbocycles. The Labute approximate surface area is 199 Å². The van der Waals surface area contributed by atoms with Crippen molar-refractivity contribution >= 4 is 11.6 Å². The Bertz CT molecular complexity index is 1190. The van der Waals surface area contributed by atoms with Gasteiger partial charge in [-0.1, -0.05) is 17.3 Å². The zero-order valence-electron chi connectivity index (χ0n) is 19.0. The zero-order valence-corrected chi connectivity index (χ0v) is 19.0. The zero-order chi connectivity index (χ0) is 25.0. The number of rotatable bonds is 8. The van der Waals surface area contributed by atoms with Crippen molar-refractivity contribution in [3.63, 3.8) is 0 Å². The molecule has 1 aliphatic rings. The number of hydrogen-bond donors (Lipinski definition) is 0. The molecule has 184 valence electrons. The highest BCUT2D eigenvalue weighted by Gasteiger charge is 2.31. The first kappa shape index (κ1) is 24.2. The molecule has 0 radical (unpaired) electrons. The number of methoxy groups -OCH3 is 2. The molecular formula is C25H23F3N2O5. The number of benzene rings is 2. The number of oxime groups is 1. The fourth-order valence-electron chi connectivity index (χ4n) is 3.75. The molecule has 1 atom stereocenters. The third-order valence-corrected chi connectivity index (χ3v) is 5.55. The van der Waals surface area contributed by atoms with Gasteiger partial charge in [0.05, 0.1) is 38.3 Å². The minimum Gasteiger partial charge on any atom is -0.493 e. The number of ether oxygens (including phenoxy) is 2. The fourth-order valence-corrected chi connectivity index (χ4v) is 3.75. The Morgan fingerprint density at radius 3 is 2.46 bits per heavy atom. The van der Waals surface area contributed by atoms with Gasteiger partial charge < -0.3 is 23.6 Å². The quantitative estimate of drug-likeness (QED) is 0.439. The summed E-state index contributed by atoms with van der Waals surface area (Å²) in [6.07, 6.45) is -3.08. The minimum atomic E-state index is -4.43. The summed E-state index contributed by atoms with van der Waals surface area (Å²) in [5.41, 5.74) is 1.25. The molecule has 35 heavy (non-hydrogen) atoms. The van der Waals surface area contributed by atoms with Gasteiger partial charge in [-0.05, 0) is 48.0 Å². The van der Waals surface area contributed by atoms with Crippen molar-refractivity contribution < 1.29 is 36.7 Å². The lowest BCUT2D eigenvalue weighted by Gasteiger charge is -2.24. The highest BCUT2D eigenvalue weighted by Crippen LogP contribution is 2.31.